The standard InChI is InChI=1S/C16H23N3O2/c1-18(2)11-8-14-7-3-4-10-19(14)16(21)15(20)13-6-5-9-17-12-13/h5-6,9,12,14H,3-4,7-8,10-11H2,1-2H3. The van der Waals surface area contributed by atoms with E-state index in [1.807, 2.05) is 14.1 Å². The Labute approximate surface area is 126 Å². The Balaban J connectivity index is 2.06. The molecule has 0 aliphatic carbocycles. The highest BCUT2D eigenvalue weighted by Gasteiger charge is 2.31. The fourth-order valence-electron chi connectivity index (χ4n) is 2.73. The van der Waals surface area contributed by atoms with E-state index in [1.54, 1.807) is 23.2 Å². The lowest BCUT2D eigenvalue weighted by Crippen LogP contribution is -2.47. The lowest BCUT2D eigenvalue weighted by molar-refractivity contribution is -0.130. The zero-order valence-electron chi connectivity index (χ0n) is 12.8. The normalized spacial score (nSPS) is 18.8. The van der Waals surface area contributed by atoms with Crippen LogP contribution in [-0.4, -0.2) is 59.7 Å². The summed E-state index contributed by atoms with van der Waals surface area (Å²) in [6.07, 6.45) is 7.06. The Kier molecular flexibility index (Phi) is 5.44. The highest BCUT2D eigenvalue weighted by Crippen LogP contribution is 2.21. The average Bonchev–Trinajstić information content (AvgIpc) is 2.52. The highest BCUT2D eigenvalue weighted by atomic mass is 16.2. The molecule has 0 aromatic carbocycles. The molecule has 114 valence electrons. The molecule has 2 heterocycles. The monoisotopic (exact) mass is 289 g/mol. The first-order valence-electron chi connectivity index (χ1n) is 7.49. The van der Waals surface area contributed by atoms with Crippen LogP contribution in [0.15, 0.2) is 24.5 Å². The number of nitrogens with zero attached hydrogens (tertiary/aromatic N) is 3. The Morgan fingerprint density at radius 2 is 2.19 bits per heavy atom. The summed E-state index contributed by atoms with van der Waals surface area (Å²) in [6.45, 7) is 1.61. The molecule has 0 spiro atoms. The zero-order chi connectivity index (χ0) is 15.2. The number of likely N-dealkylation sites (tertiary alicyclic amines) is 1. The SMILES string of the molecule is CN(C)CCC1CCCCN1C(=O)C(=O)c1cccnc1. The number of carbonyl (C=O) groups is 2. The van der Waals surface area contributed by atoms with Crippen LogP contribution >= 0.6 is 0 Å². The fraction of sp³-hybridized carbons (Fsp3) is 0.562. The maximum Gasteiger partial charge on any atom is 0.295 e. The predicted molar refractivity (Wildman–Crippen MR) is 81.1 cm³/mol. The molecule has 0 radical (unpaired) electrons. The second-order valence-corrected chi connectivity index (χ2v) is 5.81. The summed E-state index contributed by atoms with van der Waals surface area (Å²) < 4.78 is 0. The number of aromatic nitrogens is 1. The number of pyridine rings is 1. The van der Waals surface area contributed by atoms with E-state index in [9.17, 15) is 9.59 Å². The van der Waals surface area contributed by atoms with Crippen molar-refractivity contribution in [2.45, 2.75) is 31.7 Å². The van der Waals surface area contributed by atoms with Gasteiger partial charge in [0.05, 0.1) is 0 Å². The van der Waals surface area contributed by atoms with Crippen molar-refractivity contribution in [2.75, 3.05) is 27.2 Å². The quantitative estimate of drug-likeness (QED) is 0.610. The van der Waals surface area contributed by atoms with Gasteiger partial charge >= 0.3 is 0 Å². The molecule has 0 saturated carbocycles. The molecule has 0 bridgehead atoms. The summed E-state index contributed by atoms with van der Waals surface area (Å²) >= 11 is 0. The number of Topliss-reactive ketones (excluding diaryl/α,β-unsaturated/α-hetero) is 1. The zero-order valence-corrected chi connectivity index (χ0v) is 12.8. The molecule has 0 N–H and O–H groups in total. The predicted octanol–water partition coefficient (Wildman–Crippen LogP) is 1.60. The van der Waals surface area contributed by atoms with Crippen LogP contribution in [0, 0.1) is 0 Å². The minimum atomic E-state index is -0.445. The van der Waals surface area contributed by atoms with Crippen molar-refractivity contribution in [3.63, 3.8) is 0 Å². The summed E-state index contributed by atoms with van der Waals surface area (Å²) in [6, 6.07) is 3.50. The van der Waals surface area contributed by atoms with E-state index >= 15 is 0 Å². The molecule has 1 fully saturated rings. The van der Waals surface area contributed by atoms with Gasteiger partial charge < -0.3 is 9.80 Å². The maximum absolute atomic E-state index is 12.5. The number of piperidine rings is 1. The van der Waals surface area contributed by atoms with Crippen LogP contribution in [0.4, 0.5) is 0 Å². The number of carbonyl (C=O) groups excluding carboxylic acids is 2. The van der Waals surface area contributed by atoms with E-state index in [0.717, 1.165) is 32.2 Å². The highest BCUT2D eigenvalue weighted by molar-refractivity contribution is 6.42. The van der Waals surface area contributed by atoms with Crippen molar-refractivity contribution in [1.29, 1.82) is 0 Å². The number of rotatable bonds is 5. The maximum atomic E-state index is 12.5. The minimum Gasteiger partial charge on any atom is -0.333 e. The topological polar surface area (TPSA) is 53.5 Å². The third kappa shape index (κ3) is 4.11. The van der Waals surface area contributed by atoms with Gasteiger partial charge in [0, 0.05) is 30.5 Å². The molecule has 1 amide bonds. The van der Waals surface area contributed by atoms with Crippen LogP contribution in [0.5, 0.6) is 0 Å². The van der Waals surface area contributed by atoms with E-state index in [-0.39, 0.29) is 11.9 Å². The van der Waals surface area contributed by atoms with E-state index in [1.165, 1.54) is 6.20 Å². The molecule has 21 heavy (non-hydrogen) atoms. The number of ketones is 1. The molecule has 1 aromatic heterocycles. The summed E-state index contributed by atoms with van der Waals surface area (Å²) in [5.74, 6) is -0.827. The number of amides is 1. The first-order valence-corrected chi connectivity index (χ1v) is 7.49. The lowest BCUT2D eigenvalue weighted by atomic mass is 9.98. The second kappa shape index (κ2) is 7.31. The Morgan fingerprint density at radius 3 is 2.86 bits per heavy atom. The Bertz CT molecular complexity index is 488. The third-order valence-electron chi connectivity index (χ3n) is 3.92. The van der Waals surface area contributed by atoms with Gasteiger partial charge in [-0.25, -0.2) is 0 Å². The van der Waals surface area contributed by atoms with Crippen molar-refractivity contribution in [2.24, 2.45) is 0 Å². The van der Waals surface area contributed by atoms with Gasteiger partial charge in [-0.3, -0.25) is 14.6 Å². The fourth-order valence-corrected chi connectivity index (χ4v) is 2.73. The summed E-state index contributed by atoms with van der Waals surface area (Å²) in [4.78, 5) is 32.6. The van der Waals surface area contributed by atoms with Crippen LogP contribution in [-0.2, 0) is 4.79 Å². The Morgan fingerprint density at radius 1 is 1.38 bits per heavy atom. The summed E-state index contributed by atoms with van der Waals surface area (Å²) in [7, 11) is 4.05. The van der Waals surface area contributed by atoms with Crippen molar-refractivity contribution < 1.29 is 9.59 Å². The van der Waals surface area contributed by atoms with Gasteiger partial charge in [-0.1, -0.05) is 0 Å². The molecule has 1 unspecified atom stereocenters. The van der Waals surface area contributed by atoms with Crippen molar-refractivity contribution >= 4 is 11.7 Å². The van der Waals surface area contributed by atoms with Gasteiger partial charge in [-0.15, -0.1) is 0 Å². The molecular formula is C16H23N3O2. The number of hydrogen-bond donors (Lipinski definition) is 0. The molecule has 5 heteroatoms. The molecule has 1 aliphatic heterocycles. The van der Waals surface area contributed by atoms with Crippen molar-refractivity contribution in [3.05, 3.63) is 30.1 Å². The van der Waals surface area contributed by atoms with Crippen LogP contribution in [0.25, 0.3) is 0 Å². The van der Waals surface area contributed by atoms with E-state index in [2.05, 4.69) is 9.88 Å². The van der Waals surface area contributed by atoms with Gasteiger partial charge in [0.15, 0.2) is 0 Å². The summed E-state index contributed by atoms with van der Waals surface area (Å²) in [5.41, 5.74) is 0.374. The van der Waals surface area contributed by atoms with E-state index in [4.69, 9.17) is 0 Å². The second-order valence-electron chi connectivity index (χ2n) is 5.81. The van der Waals surface area contributed by atoms with Gasteiger partial charge in [-0.05, 0) is 58.5 Å². The molecule has 5 nitrogen and oxygen atoms in total. The van der Waals surface area contributed by atoms with E-state index < -0.39 is 5.78 Å². The molecular weight excluding hydrogens is 266 g/mol. The Hall–Kier alpha value is -1.75. The first kappa shape index (κ1) is 15.6. The molecule has 1 aromatic rings. The number of hydrogen-bond acceptors (Lipinski definition) is 4. The smallest absolute Gasteiger partial charge is 0.295 e. The largest absolute Gasteiger partial charge is 0.333 e. The minimum absolute atomic E-state index is 0.175. The molecule has 1 aliphatic rings. The average molecular weight is 289 g/mol. The summed E-state index contributed by atoms with van der Waals surface area (Å²) in [5, 5.41) is 0. The van der Waals surface area contributed by atoms with Crippen LogP contribution < -0.4 is 0 Å². The van der Waals surface area contributed by atoms with Crippen LogP contribution in [0.2, 0.25) is 0 Å². The van der Waals surface area contributed by atoms with Gasteiger partial charge in [0.1, 0.15) is 0 Å². The van der Waals surface area contributed by atoms with Crippen LogP contribution in [0.1, 0.15) is 36.0 Å². The van der Waals surface area contributed by atoms with Gasteiger partial charge in [0.25, 0.3) is 11.7 Å². The molecule has 1 atom stereocenters. The van der Waals surface area contributed by atoms with Gasteiger partial charge in [0.2, 0.25) is 0 Å². The molecule has 2 rings (SSSR count). The lowest BCUT2D eigenvalue weighted by Gasteiger charge is -2.36. The first-order chi connectivity index (χ1) is 10.1. The molecule has 1 saturated heterocycles. The van der Waals surface area contributed by atoms with Crippen molar-refractivity contribution in [1.82, 2.24) is 14.8 Å². The van der Waals surface area contributed by atoms with Crippen molar-refractivity contribution in [3.8, 4) is 0 Å². The van der Waals surface area contributed by atoms with Gasteiger partial charge in [-0.2, -0.15) is 0 Å². The third-order valence-corrected chi connectivity index (χ3v) is 3.92. The van der Waals surface area contributed by atoms with Crippen LogP contribution in [0.3, 0.4) is 0 Å². The van der Waals surface area contributed by atoms with E-state index in [0.29, 0.717) is 12.1 Å².